The van der Waals surface area contributed by atoms with Crippen LogP contribution in [0.5, 0.6) is 0 Å². The fraction of sp³-hybridized carbons (Fsp3) is 0.917. The Labute approximate surface area is 91.6 Å². The number of ether oxygens (including phenoxy) is 1. The quantitative estimate of drug-likeness (QED) is 0.705. The number of esters is 1. The summed E-state index contributed by atoms with van der Waals surface area (Å²) in [5, 5.41) is 3.41. The van der Waals surface area contributed by atoms with Gasteiger partial charge in [-0.1, -0.05) is 25.7 Å². The first kappa shape index (κ1) is 10.9. The van der Waals surface area contributed by atoms with Gasteiger partial charge in [0.05, 0.1) is 13.0 Å². The summed E-state index contributed by atoms with van der Waals surface area (Å²) in [6.07, 6.45) is 6.25. The van der Waals surface area contributed by atoms with Crippen LogP contribution in [0.15, 0.2) is 0 Å². The monoisotopic (exact) mass is 211 g/mol. The minimum Gasteiger partial charge on any atom is -0.469 e. The van der Waals surface area contributed by atoms with Gasteiger partial charge in [0.1, 0.15) is 0 Å². The van der Waals surface area contributed by atoms with Crippen LogP contribution >= 0.6 is 0 Å². The van der Waals surface area contributed by atoms with E-state index in [9.17, 15) is 4.79 Å². The second-order valence-corrected chi connectivity index (χ2v) is 4.83. The van der Waals surface area contributed by atoms with Crippen molar-refractivity contribution in [2.24, 2.45) is 17.8 Å². The van der Waals surface area contributed by atoms with Gasteiger partial charge in [-0.15, -0.1) is 0 Å². The zero-order valence-corrected chi connectivity index (χ0v) is 9.50. The minimum absolute atomic E-state index is 0.00778. The van der Waals surface area contributed by atoms with Crippen LogP contribution in [-0.2, 0) is 9.53 Å². The number of nitrogens with one attached hydrogen (secondary N) is 1. The number of rotatable bonds is 2. The predicted octanol–water partition coefficient (Wildman–Crippen LogP) is 1.58. The molecule has 0 aromatic rings. The van der Waals surface area contributed by atoms with E-state index in [0.717, 1.165) is 25.4 Å². The maximum atomic E-state index is 11.7. The van der Waals surface area contributed by atoms with Crippen molar-refractivity contribution >= 4 is 5.97 Å². The molecule has 15 heavy (non-hydrogen) atoms. The van der Waals surface area contributed by atoms with Crippen molar-refractivity contribution in [3.63, 3.8) is 0 Å². The number of hydrogen-bond acceptors (Lipinski definition) is 3. The molecule has 2 atom stereocenters. The Morgan fingerprint density at radius 1 is 1.27 bits per heavy atom. The first-order valence-electron chi connectivity index (χ1n) is 6.11. The van der Waals surface area contributed by atoms with Gasteiger partial charge in [0.25, 0.3) is 0 Å². The van der Waals surface area contributed by atoms with E-state index in [1.807, 2.05) is 0 Å². The molecule has 0 aromatic carbocycles. The lowest BCUT2D eigenvalue weighted by molar-refractivity contribution is -0.149. The van der Waals surface area contributed by atoms with Crippen LogP contribution in [0.3, 0.4) is 0 Å². The molecule has 3 heteroatoms. The number of carbonyl (C=O) groups is 1. The van der Waals surface area contributed by atoms with Crippen LogP contribution in [0.2, 0.25) is 0 Å². The van der Waals surface area contributed by atoms with Gasteiger partial charge in [-0.25, -0.2) is 0 Å². The van der Waals surface area contributed by atoms with E-state index in [1.54, 1.807) is 0 Å². The van der Waals surface area contributed by atoms with Crippen LogP contribution in [0, 0.1) is 17.8 Å². The number of hydrogen-bond donors (Lipinski definition) is 1. The molecule has 2 fully saturated rings. The Kier molecular flexibility index (Phi) is 3.62. The zero-order valence-electron chi connectivity index (χ0n) is 9.50. The lowest BCUT2D eigenvalue weighted by Crippen LogP contribution is -2.43. The summed E-state index contributed by atoms with van der Waals surface area (Å²) in [5.41, 5.74) is 0. The fourth-order valence-electron chi connectivity index (χ4n) is 3.21. The Balaban J connectivity index is 2.01. The fourth-order valence-corrected chi connectivity index (χ4v) is 3.21. The van der Waals surface area contributed by atoms with Gasteiger partial charge in [-0.2, -0.15) is 0 Å². The van der Waals surface area contributed by atoms with E-state index >= 15 is 0 Å². The highest BCUT2D eigenvalue weighted by Crippen LogP contribution is 2.37. The number of methoxy groups -OCH3 is 1. The molecule has 2 rings (SSSR count). The van der Waals surface area contributed by atoms with Gasteiger partial charge in [-0.05, 0) is 31.3 Å². The maximum absolute atomic E-state index is 11.7. The van der Waals surface area contributed by atoms with Crippen molar-refractivity contribution in [2.45, 2.75) is 32.1 Å². The molecule has 1 aliphatic carbocycles. The molecule has 0 unspecified atom stereocenters. The lowest BCUT2D eigenvalue weighted by Gasteiger charge is -2.34. The summed E-state index contributed by atoms with van der Waals surface area (Å²) >= 11 is 0. The van der Waals surface area contributed by atoms with E-state index in [0.29, 0.717) is 5.92 Å². The molecule has 0 amide bonds. The van der Waals surface area contributed by atoms with E-state index in [4.69, 9.17) is 4.74 Å². The maximum Gasteiger partial charge on any atom is 0.309 e. The number of carbonyl (C=O) groups excluding carboxylic acids is 1. The van der Waals surface area contributed by atoms with Crippen LogP contribution in [0.25, 0.3) is 0 Å². The molecule has 1 saturated carbocycles. The van der Waals surface area contributed by atoms with Gasteiger partial charge in [-0.3, -0.25) is 4.79 Å². The Hall–Kier alpha value is -0.570. The summed E-state index contributed by atoms with van der Waals surface area (Å²) in [5.74, 6) is 1.43. The Bertz CT molecular complexity index is 224. The van der Waals surface area contributed by atoms with Crippen LogP contribution in [0.1, 0.15) is 32.1 Å². The molecule has 0 spiro atoms. The van der Waals surface area contributed by atoms with E-state index in [2.05, 4.69) is 5.32 Å². The SMILES string of the molecule is COC(=O)[C@H]1CCNC[C@H]1C1CCCC1. The Morgan fingerprint density at radius 3 is 2.67 bits per heavy atom. The molecule has 1 aliphatic heterocycles. The van der Waals surface area contributed by atoms with E-state index in [1.165, 1.54) is 32.8 Å². The topological polar surface area (TPSA) is 38.3 Å². The largest absolute Gasteiger partial charge is 0.469 e. The van der Waals surface area contributed by atoms with Gasteiger partial charge >= 0.3 is 5.97 Å². The molecule has 1 saturated heterocycles. The third-order valence-electron chi connectivity index (χ3n) is 4.04. The standard InChI is InChI=1S/C12H21NO2/c1-15-12(14)10-6-7-13-8-11(10)9-4-2-3-5-9/h9-11,13H,2-8H2,1H3/t10-,11-/m0/s1. The molecule has 2 aliphatic rings. The third kappa shape index (κ3) is 2.33. The summed E-state index contributed by atoms with van der Waals surface area (Å²) in [6.45, 7) is 1.97. The van der Waals surface area contributed by atoms with Crippen LogP contribution in [-0.4, -0.2) is 26.2 Å². The molecule has 0 radical (unpaired) electrons. The van der Waals surface area contributed by atoms with Crippen LogP contribution in [0.4, 0.5) is 0 Å². The highest BCUT2D eigenvalue weighted by Gasteiger charge is 2.37. The van der Waals surface area contributed by atoms with Gasteiger partial charge in [0, 0.05) is 0 Å². The lowest BCUT2D eigenvalue weighted by atomic mass is 9.77. The molecule has 3 nitrogen and oxygen atoms in total. The van der Waals surface area contributed by atoms with Crippen molar-refractivity contribution in [2.75, 3.05) is 20.2 Å². The average Bonchev–Trinajstić information content (AvgIpc) is 2.81. The predicted molar refractivity (Wildman–Crippen MR) is 58.4 cm³/mol. The molecule has 86 valence electrons. The highest BCUT2D eigenvalue weighted by atomic mass is 16.5. The molecule has 1 heterocycles. The first-order chi connectivity index (χ1) is 7.33. The second-order valence-electron chi connectivity index (χ2n) is 4.83. The summed E-state index contributed by atoms with van der Waals surface area (Å²) < 4.78 is 4.91. The van der Waals surface area contributed by atoms with Crippen molar-refractivity contribution in [3.8, 4) is 0 Å². The van der Waals surface area contributed by atoms with Gasteiger partial charge in [0.2, 0.25) is 0 Å². The summed E-state index contributed by atoms with van der Waals surface area (Å²) in [4.78, 5) is 11.7. The van der Waals surface area contributed by atoms with E-state index < -0.39 is 0 Å². The second kappa shape index (κ2) is 4.97. The van der Waals surface area contributed by atoms with Crippen molar-refractivity contribution in [1.29, 1.82) is 0 Å². The molecular weight excluding hydrogens is 190 g/mol. The summed E-state index contributed by atoms with van der Waals surface area (Å²) in [6, 6.07) is 0. The molecule has 0 bridgehead atoms. The normalized spacial score (nSPS) is 32.9. The van der Waals surface area contributed by atoms with Crippen molar-refractivity contribution < 1.29 is 9.53 Å². The van der Waals surface area contributed by atoms with Gasteiger partial charge in [0.15, 0.2) is 0 Å². The molecule has 1 N–H and O–H groups in total. The smallest absolute Gasteiger partial charge is 0.309 e. The number of piperidine rings is 1. The van der Waals surface area contributed by atoms with Crippen LogP contribution < -0.4 is 5.32 Å². The van der Waals surface area contributed by atoms with Crippen molar-refractivity contribution in [3.05, 3.63) is 0 Å². The Morgan fingerprint density at radius 2 is 2.00 bits per heavy atom. The van der Waals surface area contributed by atoms with E-state index in [-0.39, 0.29) is 11.9 Å². The summed E-state index contributed by atoms with van der Waals surface area (Å²) in [7, 11) is 1.51. The zero-order chi connectivity index (χ0) is 10.7. The third-order valence-corrected chi connectivity index (χ3v) is 4.04. The first-order valence-corrected chi connectivity index (χ1v) is 6.11. The van der Waals surface area contributed by atoms with Crippen molar-refractivity contribution in [1.82, 2.24) is 5.32 Å². The minimum atomic E-state index is 0.00778. The molecule has 0 aromatic heterocycles. The molecular formula is C12H21NO2. The average molecular weight is 211 g/mol. The highest BCUT2D eigenvalue weighted by molar-refractivity contribution is 5.72. The van der Waals surface area contributed by atoms with Gasteiger partial charge < -0.3 is 10.1 Å².